The molecule has 2 aromatic carbocycles. The maximum absolute atomic E-state index is 14.4. The molecule has 8 nitrogen and oxygen atoms in total. The van der Waals surface area contributed by atoms with Crippen molar-refractivity contribution in [1.29, 1.82) is 5.26 Å². The maximum Gasteiger partial charge on any atom is 0.254 e. The number of halogens is 4. The Hall–Kier alpha value is -3.62. The zero-order valence-corrected chi connectivity index (χ0v) is 27.0. The van der Waals surface area contributed by atoms with Crippen LogP contribution in [0.4, 0.5) is 14.5 Å². The van der Waals surface area contributed by atoms with Crippen LogP contribution >= 0.6 is 24.8 Å². The van der Waals surface area contributed by atoms with Crippen LogP contribution in [0.2, 0.25) is 0 Å². The molecule has 0 unspecified atom stereocenters. The molecule has 4 heterocycles. The second-order valence-electron chi connectivity index (χ2n) is 12.5. The molecule has 6 rings (SSSR count). The Balaban J connectivity index is 0.00000230. The van der Waals surface area contributed by atoms with Gasteiger partial charge in [-0.25, -0.2) is 8.78 Å². The van der Waals surface area contributed by atoms with Crippen LogP contribution in [0.3, 0.4) is 0 Å². The minimum Gasteiger partial charge on any atom is -0.333 e. The number of hydrogen-bond acceptors (Lipinski definition) is 6. The number of nitrogens with zero attached hydrogens (tertiary/aromatic N) is 5. The van der Waals surface area contributed by atoms with Gasteiger partial charge in [0.15, 0.2) is 0 Å². The Morgan fingerprint density at radius 2 is 1.93 bits per heavy atom. The highest BCUT2D eigenvalue weighted by atomic mass is 35.5. The van der Waals surface area contributed by atoms with Gasteiger partial charge >= 0.3 is 0 Å². The normalized spacial score (nSPS) is 20.1. The number of piperazine rings is 1. The summed E-state index contributed by atoms with van der Waals surface area (Å²) in [5.41, 5.74) is 4.26. The van der Waals surface area contributed by atoms with E-state index in [-0.39, 0.29) is 67.1 Å². The number of amides is 2. The second-order valence-corrected chi connectivity index (χ2v) is 12.5. The summed E-state index contributed by atoms with van der Waals surface area (Å²) in [6, 6.07) is 12.8. The van der Waals surface area contributed by atoms with Crippen LogP contribution in [-0.4, -0.2) is 71.4 Å². The van der Waals surface area contributed by atoms with Gasteiger partial charge in [0.2, 0.25) is 5.91 Å². The van der Waals surface area contributed by atoms with Gasteiger partial charge in [-0.05, 0) is 53.9 Å². The first-order valence-electron chi connectivity index (χ1n) is 14.6. The van der Waals surface area contributed by atoms with Crippen LogP contribution in [0.15, 0.2) is 48.7 Å². The van der Waals surface area contributed by atoms with E-state index >= 15 is 0 Å². The van der Waals surface area contributed by atoms with E-state index in [2.05, 4.69) is 37.1 Å². The van der Waals surface area contributed by atoms with Gasteiger partial charge in [-0.3, -0.25) is 19.5 Å². The molecule has 0 aliphatic carbocycles. The molecular formula is C33H36Cl2F2N6O2. The van der Waals surface area contributed by atoms with Crippen molar-refractivity contribution in [3.8, 4) is 6.07 Å². The number of nitrogens with one attached hydrogen (secondary N) is 1. The molecule has 1 saturated heterocycles. The molecule has 2 atom stereocenters. The van der Waals surface area contributed by atoms with Crippen molar-refractivity contribution in [3.05, 3.63) is 93.8 Å². The third-order valence-electron chi connectivity index (χ3n) is 8.73. The molecule has 0 spiro atoms. The third kappa shape index (κ3) is 6.82. The fraction of sp³-hybridized carbons (Fsp3) is 0.394. The fourth-order valence-electron chi connectivity index (χ4n) is 6.50. The average molecular weight is 658 g/mol. The molecule has 12 heteroatoms. The predicted molar refractivity (Wildman–Crippen MR) is 172 cm³/mol. The van der Waals surface area contributed by atoms with E-state index in [4.69, 9.17) is 4.98 Å². The van der Waals surface area contributed by atoms with Gasteiger partial charge in [-0.2, -0.15) is 5.26 Å². The molecule has 2 amide bonds. The highest BCUT2D eigenvalue weighted by molar-refractivity contribution is 5.99. The van der Waals surface area contributed by atoms with Crippen LogP contribution in [0.5, 0.6) is 0 Å². The van der Waals surface area contributed by atoms with Gasteiger partial charge in [-0.15, -0.1) is 24.8 Å². The number of fused-ring (bicyclic) bond motifs is 2. The number of carbonyl (C=O) groups is 2. The summed E-state index contributed by atoms with van der Waals surface area (Å²) in [4.78, 5) is 37.5. The van der Waals surface area contributed by atoms with Crippen LogP contribution < -0.4 is 10.2 Å². The lowest BCUT2D eigenvalue weighted by Crippen LogP contribution is -2.60. The first-order chi connectivity index (χ1) is 20.5. The van der Waals surface area contributed by atoms with Crippen molar-refractivity contribution in [2.24, 2.45) is 0 Å². The van der Waals surface area contributed by atoms with Crippen LogP contribution in [0.25, 0.3) is 0 Å². The Labute approximate surface area is 274 Å². The summed E-state index contributed by atoms with van der Waals surface area (Å²) < 4.78 is 27.8. The number of nitriles is 1. The summed E-state index contributed by atoms with van der Waals surface area (Å²) in [5.74, 6) is -1.36. The highest BCUT2D eigenvalue weighted by Crippen LogP contribution is 2.40. The standard InChI is InChI=1S/C33H34F2N6O2.2ClH/c1-20-15-39(26(14-37-20)17-40-16-24-8-21(12-36)4-7-27(24)32(40)43)18-30(42)41-19-33(2,3)31-29(41)10-22(13-38-31)9-23-5-6-25(34)11-28(23)35;;/h4-8,10-11,13,20,26,37H,9,14-19H2,1-3H3;2*1H/t20-,26-;;/m1../s1. The van der Waals surface area contributed by atoms with Crippen molar-refractivity contribution >= 4 is 42.3 Å². The van der Waals surface area contributed by atoms with E-state index in [0.717, 1.165) is 22.9 Å². The number of hydrogen-bond donors (Lipinski definition) is 1. The van der Waals surface area contributed by atoms with E-state index in [1.54, 1.807) is 34.2 Å². The molecule has 1 N–H and O–H groups in total. The molecule has 0 bridgehead atoms. The summed E-state index contributed by atoms with van der Waals surface area (Å²) in [7, 11) is 0. The number of benzene rings is 2. The number of rotatable bonds is 6. The average Bonchev–Trinajstić information content (AvgIpc) is 3.43. The lowest BCUT2D eigenvalue weighted by atomic mass is 9.91. The minimum atomic E-state index is -0.626. The zero-order valence-electron chi connectivity index (χ0n) is 25.3. The Kier molecular flexibility index (Phi) is 10.2. The lowest BCUT2D eigenvalue weighted by Gasteiger charge is -2.41. The van der Waals surface area contributed by atoms with Gasteiger partial charge in [-0.1, -0.05) is 19.9 Å². The van der Waals surface area contributed by atoms with Crippen LogP contribution in [0, 0.1) is 23.0 Å². The van der Waals surface area contributed by atoms with Crippen molar-refractivity contribution in [3.63, 3.8) is 0 Å². The minimum absolute atomic E-state index is 0. The zero-order chi connectivity index (χ0) is 30.5. The number of carbonyl (C=O) groups excluding carboxylic acids is 2. The molecule has 0 saturated carbocycles. The summed E-state index contributed by atoms with van der Waals surface area (Å²) in [5, 5.41) is 12.7. The summed E-state index contributed by atoms with van der Waals surface area (Å²) in [6.07, 6.45) is 1.93. The van der Waals surface area contributed by atoms with Crippen molar-refractivity contribution in [1.82, 2.24) is 20.1 Å². The molecule has 238 valence electrons. The first-order valence-corrected chi connectivity index (χ1v) is 14.6. The van der Waals surface area contributed by atoms with Gasteiger partial charge in [0, 0.05) is 74.5 Å². The third-order valence-corrected chi connectivity index (χ3v) is 8.73. The van der Waals surface area contributed by atoms with E-state index in [1.807, 2.05) is 6.07 Å². The number of anilines is 1. The van der Waals surface area contributed by atoms with Gasteiger partial charge in [0.05, 0.1) is 29.6 Å². The molecule has 0 radical (unpaired) electrons. The smallest absolute Gasteiger partial charge is 0.254 e. The predicted octanol–water partition coefficient (Wildman–Crippen LogP) is 4.61. The Morgan fingerprint density at radius 1 is 1.16 bits per heavy atom. The van der Waals surface area contributed by atoms with E-state index < -0.39 is 11.6 Å². The summed E-state index contributed by atoms with van der Waals surface area (Å²) in [6.45, 7) is 9.00. The molecular weight excluding hydrogens is 621 g/mol. The monoisotopic (exact) mass is 656 g/mol. The molecule has 3 aromatic rings. The quantitative estimate of drug-likeness (QED) is 0.417. The van der Waals surface area contributed by atoms with Crippen molar-refractivity contribution in [2.75, 3.05) is 37.6 Å². The molecule has 3 aliphatic heterocycles. The maximum atomic E-state index is 14.4. The van der Waals surface area contributed by atoms with Gasteiger partial charge < -0.3 is 15.1 Å². The fourth-order valence-corrected chi connectivity index (χ4v) is 6.50. The van der Waals surface area contributed by atoms with Gasteiger partial charge in [0.1, 0.15) is 11.6 Å². The molecule has 1 fully saturated rings. The topological polar surface area (TPSA) is 92.6 Å². The van der Waals surface area contributed by atoms with E-state index in [9.17, 15) is 23.6 Å². The van der Waals surface area contributed by atoms with E-state index in [0.29, 0.717) is 55.1 Å². The summed E-state index contributed by atoms with van der Waals surface area (Å²) >= 11 is 0. The lowest BCUT2D eigenvalue weighted by molar-refractivity contribution is -0.120. The second kappa shape index (κ2) is 13.4. The van der Waals surface area contributed by atoms with Crippen LogP contribution in [0.1, 0.15) is 59.1 Å². The first kappa shape index (κ1) is 34.3. The number of pyridine rings is 1. The SMILES string of the molecule is C[C@@H]1CN(CC(=O)N2CC(C)(C)c3ncc(Cc4ccc(F)cc4F)cc32)[C@@H](CN2Cc3cc(C#N)ccc3C2=O)CN1.Cl.Cl. The molecule has 45 heavy (non-hydrogen) atoms. The molecule has 3 aliphatic rings. The molecule has 1 aromatic heterocycles. The number of aromatic nitrogens is 1. The van der Waals surface area contributed by atoms with Crippen LogP contribution in [-0.2, 0) is 23.2 Å². The van der Waals surface area contributed by atoms with Crippen molar-refractivity contribution in [2.45, 2.75) is 51.2 Å². The Morgan fingerprint density at radius 3 is 2.67 bits per heavy atom. The van der Waals surface area contributed by atoms with Gasteiger partial charge in [0.25, 0.3) is 5.91 Å². The largest absolute Gasteiger partial charge is 0.333 e. The Bertz CT molecular complexity index is 1660. The van der Waals surface area contributed by atoms with E-state index in [1.165, 1.54) is 12.1 Å². The highest BCUT2D eigenvalue weighted by Gasteiger charge is 2.41. The van der Waals surface area contributed by atoms with Crippen molar-refractivity contribution < 1.29 is 18.4 Å².